The summed E-state index contributed by atoms with van der Waals surface area (Å²) in [6, 6.07) is 27.1. The normalized spacial score (nSPS) is 11.4. The van der Waals surface area contributed by atoms with Crippen LogP contribution in [0.1, 0.15) is 15.9 Å². The highest BCUT2D eigenvalue weighted by atomic mass is 32.2. The standard InChI is InChI=1S/C25H21NO4S2/c27-25(28)23-17-21(31-15-14-18-6-2-1-3-7-18)11-13-24(23)26-32(29,30)22-12-10-19-8-4-5-9-20(19)16-22/h1-13,16-17,26H,14-15H2,(H,27,28). The van der Waals surface area contributed by atoms with Crippen LogP contribution in [0.4, 0.5) is 5.69 Å². The zero-order valence-corrected chi connectivity index (χ0v) is 18.7. The van der Waals surface area contributed by atoms with Crippen LogP contribution in [0.3, 0.4) is 0 Å². The summed E-state index contributed by atoms with van der Waals surface area (Å²) >= 11 is 1.53. The summed E-state index contributed by atoms with van der Waals surface area (Å²) in [4.78, 5) is 12.7. The molecule has 162 valence electrons. The fourth-order valence-corrected chi connectivity index (χ4v) is 5.40. The molecule has 4 rings (SSSR count). The first-order valence-electron chi connectivity index (χ1n) is 9.98. The molecular weight excluding hydrogens is 442 g/mol. The number of carboxylic acid groups (broad SMARTS) is 1. The largest absolute Gasteiger partial charge is 0.478 e. The molecule has 32 heavy (non-hydrogen) atoms. The molecule has 0 aliphatic rings. The molecule has 0 fully saturated rings. The maximum absolute atomic E-state index is 12.9. The molecule has 5 nitrogen and oxygen atoms in total. The molecule has 0 aliphatic carbocycles. The highest BCUT2D eigenvalue weighted by Crippen LogP contribution is 2.28. The lowest BCUT2D eigenvalue weighted by atomic mass is 10.1. The second-order valence-electron chi connectivity index (χ2n) is 7.21. The quantitative estimate of drug-likeness (QED) is 0.329. The van der Waals surface area contributed by atoms with E-state index in [0.717, 1.165) is 27.8 Å². The van der Waals surface area contributed by atoms with Crippen molar-refractivity contribution < 1.29 is 18.3 Å². The van der Waals surface area contributed by atoms with Crippen molar-refractivity contribution in [3.05, 3.63) is 102 Å². The van der Waals surface area contributed by atoms with Crippen LogP contribution < -0.4 is 4.72 Å². The third-order valence-corrected chi connectivity index (χ3v) is 7.36. The Labute approximate surface area is 191 Å². The highest BCUT2D eigenvalue weighted by molar-refractivity contribution is 7.99. The minimum atomic E-state index is -3.95. The Hall–Kier alpha value is -3.29. The van der Waals surface area contributed by atoms with E-state index in [-0.39, 0.29) is 16.1 Å². The molecule has 0 amide bonds. The van der Waals surface area contributed by atoms with Gasteiger partial charge in [-0.05, 0) is 53.1 Å². The monoisotopic (exact) mass is 463 g/mol. The van der Waals surface area contributed by atoms with Crippen molar-refractivity contribution in [2.24, 2.45) is 0 Å². The molecule has 0 aromatic heterocycles. The number of aromatic carboxylic acids is 1. The lowest BCUT2D eigenvalue weighted by molar-refractivity contribution is 0.0697. The number of hydrogen-bond acceptors (Lipinski definition) is 4. The van der Waals surface area contributed by atoms with Gasteiger partial charge in [0, 0.05) is 10.6 Å². The molecule has 0 saturated heterocycles. The number of nitrogens with one attached hydrogen (secondary N) is 1. The van der Waals surface area contributed by atoms with Crippen molar-refractivity contribution in [3.63, 3.8) is 0 Å². The van der Waals surface area contributed by atoms with Crippen LogP contribution in [0.2, 0.25) is 0 Å². The Bertz CT molecular complexity index is 1370. The summed E-state index contributed by atoms with van der Waals surface area (Å²) in [5.41, 5.74) is 1.16. The zero-order chi connectivity index (χ0) is 22.6. The van der Waals surface area contributed by atoms with Crippen molar-refractivity contribution in [1.29, 1.82) is 0 Å². The maximum atomic E-state index is 12.9. The first kappa shape index (κ1) is 21.9. The van der Waals surface area contributed by atoms with Gasteiger partial charge in [-0.25, -0.2) is 13.2 Å². The van der Waals surface area contributed by atoms with Crippen LogP contribution >= 0.6 is 11.8 Å². The van der Waals surface area contributed by atoms with Gasteiger partial charge in [-0.15, -0.1) is 11.8 Å². The van der Waals surface area contributed by atoms with Crippen molar-refractivity contribution in [2.75, 3.05) is 10.5 Å². The van der Waals surface area contributed by atoms with Gasteiger partial charge in [0.25, 0.3) is 10.0 Å². The van der Waals surface area contributed by atoms with Gasteiger partial charge >= 0.3 is 5.97 Å². The average Bonchev–Trinajstić information content (AvgIpc) is 2.80. The Balaban J connectivity index is 1.53. The third kappa shape index (κ3) is 5.12. The molecule has 0 unspecified atom stereocenters. The van der Waals surface area contributed by atoms with Gasteiger partial charge in [-0.1, -0.05) is 60.7 Å². The summed E-state index contributed by atoms with van der Waals surface area (Å²) in [7, 11) is -3.95. The third-order valence-electron chi connectivity index (χ3n) is 5.00. The molecule has 0 atom stereocenters. The molecule has 0 spiro atoms. The number of carboxylic acids is 1. The van der Waals surface area contributed by atoms with Crippen LogP contribution in [-0.2, 0) is 16.4 Å². The lowest BCUT2D eigenvalue weighted by Gasteiger charge is -2.13. The minimum absolute atomic E-state index is 0.0399. The molecule has 0 bridgehead atoms. The molecule has 0 saturated carbocycles. The number of rotatable bonds is 8. The fraction of sp³-hybridized carbons (Fsp3) is 0.0800. The smallest absolute Gasteiger partial charge is 0.337 e. The number of carbonyl (C=O) groups is 1. The summed E-state index contributed by atoms with van der Waals surface area (Å²) in [5.74, 6) is -0.405. The number of fused-ring (bicyclic) bond motifs is 1. The maximum Gasteiger partial charge on any atom is 0.337 e. The first-order valence-corrected chi connectivity index (χ1v) is 12.4. The minimum Gasteiger partial charge on any atom is -0.478 e. The number of thioether (sulfide) groups is 1. The number of hydrogen-bond donors (Lipinski definition) is 2. The van der Waals surface area contributed by atoms with E-state index in [0.29, 0.717) is 0 Å². The molecule has 0 radical (unpaired) electrons. The number of sulfonamides is 1. The van der Waals surface area contributed by atoms with Gasteiger partial charge in [0.15, 0.2) is 0 Å². The van der Waals surface area contributed by atoms with E-state index < -0.39 is 16.0 Å². The molecule has 0 heterocycles. The molecule has 2 N–H and O–H groups in total. The topological polar surface area (TPSA) is 83.5 Å². The second-order valence-corrected chi connectivity index (χ2v) is 10.1. The summed E-state index contributed by atoms with van der Waals surface area (Å²) in [6.45, 7) is 0. The van der Waals surface area contributed by atoms with Gasteiger partial charge in [-0.2, -0.15) is 0 Å². The van der Waals surface area contributed by atoms with Gasteiger partial charge in [0.2, 0.25) is 0 Å². The van der Waals surface area contributed by atoms with Crippen molar-refractivity contribution in [3.8, 4) is 0 Å². The second kappa shape index (κ2) is 9.46. The van der Waals surface area contributed by atoms with Gasteiger partial charge < -0.3 is 5.11 Å². The van der Waals surface area contributed by atoms with E-state index in [9.17, 15) is 18.3 Å². The van der Waals surface area contributed by atoms with E-state index in [4.69, 9.17) is 0 Å². The molecule has 7 heteroatoms. The van der Waals surface area contributed by atoms with E-state index >= 15 is 0 Å². The molecular formula is C25H21NO4S2. The number of anilines is 1. The number of aryl methyl sites for hydroxylation is 1. The first-order chi connectivity index (χ1) is 15.4. The fourth-order valence-electron chi connectivity index (χ4n) is 3.35. The zero-order valence-electron chi connectivity index (χ0n) is 17.1. The lowest BCUT2D eigenvalue weighted by Crippen LogP contribution is -2.15. The van der Waals surface area contributed by atoms with Crippen LogP contribution in [0.5, 0.6) is 0 Å². The van der Waals surface area contributed by atoms with Gasteiger partial charge in [0.1, 0.15) is 0 Å². The Morgan fingerprint density at radius 3 is 2.31 bits per heavy atom. The van der Waals surface area contributed by atoms with E-state index in [1.807, 2.05) is 54.6 Å². The SMILES string of the molecule is O=C(O)c1cc(SCCc2ccccc2)ccc1NS(=O)(=O)c1ccc2ccccc2c1. The number of benzene rings is 4. The van der Waals surface area contributed by atoms with Crippen LogP contribution in [0.15, 0.2) is 101 Å². The summed E-state index contributed by atoms with van der Waals surface area (Å²) in [5, 5.41) is 11.4. The van der Waals surface area contributed by atoms with Gasteiger partial charge in [0.05, 0.1) is 16.1 Å². The predicted molar refractivity (Wildman–Crippen MR) is 129 cm³/mol. The van der Waals surface area contributed by atoms with E-state index in [1.165, 1.54) is 35.5 Å². The van der Waals surface area contributed by atoms with Crippen LogP contribution in [0.25, 0.3) is 10.8 Å². The van der Waals surface area contributed by atoms with Crippen molar-refractivity contribution >= 4 is 44.2 Å². The average molecular weight is 464 g/mol. The van der Waals surface area contributed by atoms with Gasteiger partial charge in [-0.3, -0.25) is 4.72 Å². The van der Waals surface area contributed by atoms with Crippen LogP contribution in [-0.4, -0.2) is 25.2 Å². The molecule has 0 aliphatic heterocycles. The van der Waals surface area contributed by atoms with Crippen LogP contribution in [0, 0.1) is 0 Å². The Morgan fingerprint density at radius 1 is 0.844 bits per heavy atom. The predicted octanol–water partition coefficient (Wildman–Crippen LogP) is 5.67. The Kier molecular flexibility index (Phi) is 6.48. The summed E-state index contributed by atoms with van der Waals surface area (Å²) < 4.78 is 28.3. The van der Waals surface area contributed by atoms with E-state index in [1.54, 1.807) is 18.2 Å². The van der Waals surface area contributed by atoms with Crippen molar-refractivity contribution in [1.82, 2.24) is 0 Å². The summed E-state index contributed by atoms with van der Waals surface area (Å²) in [6.07, 6.45) is 0.851. The highest BCUT2D eigenvalue weighted by Gasteiger charge is 2.19. The molecule has 4 aromatic carbocycles. The van der Waals surface area contributed by atoms with Crippen molar-refractivity contribution in [2.45, 2.75) is 16.2 Å². The Morgan fingerprint density at radius 2 is 1.56 bits per heavy atom. The van der Waals surface area contributed by atoms with E-state index in [2.05, 4.69) is 4.72 Å². The molecule has 4 aromatic rings.